The predicted octanol–water partition coefficient (Wildman–Crippen LogP) is 1.82. The lowest BCUT2D eigenvalue weighted by Crippen LogP contribution is -2.58. The molecule has 2 bridgehead atoms. The van der Waals surface area contributed by atoms with E-state index < -0.39 is 35.6 Å². The van der Waals surface area contributed by atoms with Crippen molar-refractivity contribution in [3.05, 3.63) is 25.3 Å². The maximum Gasteiger partial charge on any atom is 0.312 e. The highest BCUT2D eigenvalue weighted by atomic mass is 16.6. The Hall–Kier alpha value is -2.19. The number of ether oxygens (including phenoxy) is 2. The van der Waals surface area contributed by atoms with Crippen LogP contribution in [0.4, 0.5) is 0 Å². The molecule has 0 aromatic heterocycles. The van der Waals surface area contributed by atoms with E-state index in [1.165, 1.54) is 4.90 Å². The molecule has 182 valence electrons. The van der Waals surface area contributed by atoms with E-state index in [2.05, 4.69) is 13.2 Å². The third-order valence-electron chi connectivity index (χ3n) is 7.84. The Balaban J connectivity index is 1.65. The standard InChI is InChI=1S/C25H36N2O6/c1-3-5-16-32-24(31)19-18-11-12-25(33-18)20(19)22(29)27(14-15-28)21(25)23(30)26(13-4-2)17-9-7-6-8-10-17/h3-4,17-21,28H,1-2,5-16H2/t18-,19+,20-,21?,25?/m0/s1. The molecule has 1 spiro atoms. The van der Waals surface area contributed by atoms with Crippen LogP contribution in [0.3, 0.4) is 0 Å². The molecule has 8 nitrogen and oxygen atoms in total. The molecule has 33 heavy (non-hydrogen) atoms. The second kappa shape index (κ2) is 9.97. The Morgan fingerprint density at radius 3 is 2.64 bits per heavy atom. The number of aliphatic hydroxyl groups is 1. The van der Waals surface area contributed by atoms with E-state index in [-0.39, 0.29) is 37.6 Å². The van der Waals surface area contributed by atoms with Crippen LogP contribution in [0, 0.1) is 11.8 Å². The van der Waals surface area contributed by atoms with Crippen molar-refractivity contribution in [1.82, 2.24) is 9.80 Å². The fourth-order valence-electron chi connectivity index (χ4n) is 6.50. The highest BCUT2D eigenvalue weighted by molar-refractivity contribution is 5.98. The molecule has 2 amide bonds. The molecule has 0 aromatic rings. The number of amides is 2. The smallest absolute Gasteiger partial charge is 0.312 e. The summed E-state index contributed by atoms with van der Waals surface area (Å²) < 4.78 is 11.8. The van der Waals surface area contributed by atoms with Crippen LogP contribution < -0.4 is 0 Å². The van der Waals surface area contributed by atoms with Crippen molar-refractivity contribution in [1.29, 1.82) is 0 Å². The summed E-state index contributed by atoms with van der Waals surface area (Å²) in [5.74, 6) is -2.39. The van der Waals surface area contributed by atoms with E-state index in [1.807, 2.05) is 4.90 Å². The maximum absolute atomic E-state index is 14.1. The average Bonchev–Trinajstić information content (AvgIpc) is 3.46. The summed E-state index contributed by atoms with van der Waals surface area (Å²) in [5.41, 5.74) is -1.05. The van der Waals surface area contributed by atoms with E-state index in [4.69, 9.17) is 9.47 Å². The molecule has 1 aliphatic carbocycles. The van der Waals surface area contributed by atoms with Crippen molar-refractivity contribution in [2.45, 2.75) is 75.2 Å². The van der Waals surface area contributed by atoms with Crippen LogP contribution in [0.15, 0.2) is 25.3 Å². The molecule has 1 saturated carbocycles. The van der Waals surface area contributed by atoms with E-state index in [9.17, 15) is 19.5 Å². The van der Waals surface area contributed by atoms with E-state index >= 15 is 0 Å². The Morgan fingerprint density at radius 2 is 1.97 bits per heavy atom. The Bertz CT molecular complexity index is 794. The van der Waals surface area contributed by atoms with Crippen molar-refractivity contribution in [3.8, 4) is 0 Å². The number of hydrogen-bond acceptors (Lipinski definition) is 6. The van der Waals surface area contributed by atoms with Gasteiger partial charge in [-0.15, -0.1) is 13.2 Å². The lowest BCUT2D eigenvalue weighted by molar-refractivity contribution is -0.155. The quantitative estimate of drug-likeness (QED) is 0.304. The number of rotatable bonds is 10. The lowest BCUT2D eigenvalue weighted by Gasteiger charge is -2.40. The number of carbonyl (C=O) groups is 3. The SMILES string of the molecule is C=CCCOC(=O)[C@@H]1[C@@H]2CCC3(O2)C(C(=O)N(CC=C)C2CCCCC2)N(CCO)C(=O)[C@H]13. The summed E-state index contributed by atoms with van der Waals surface area (Å²) >= 11 is 0. The average molecular weight is 461 g/mol. The number of β-amino-alcohol motifs (C(OH)–C–C–N with tert-alkyl or cyclic N) is 1. The van der Waals surface area contributed by atoms with Crippen LogP contribution in [-0.2, 0) is 23.9 Å². The van der Waals surface area contributed by atoms with Gasteiger partial charge >= 0.3 is 5.97 Å². The van der Waals surface area contributed by atoms with Gasteiger partial charge in [0.15, 0.2) is 0 Å². The topological polar surface area (TPSA) is 96.4 Å². The summed E-state index contributed by atoms with van der Waals surface area (Å²) in [5, 5.41) is 9.71. The third kappa shape index (κ3) is 4.01. The van der Waals surface area contributed by atoms with Crippen LogP contribution in [0.5, 0.6) is 0 Å². The van der Waals surface area contributed by atoms with Crippen molar-refractivity contribution < 1.29 is 29.0 Å². The summed E-state index contributed by atoms with van der Waals surface area (Å²) in [7, 11) is 0. The van der Waals surface area contributed by atoms with Gasteiger partial charge in [-0.1, -0.05) is 31.4 Å². The van der Waals surface area contributed by atoms with Gasteiger partial charge < -0.3 is 24.4 Å². The van der Waals surface area contributed by atoms with Crippen LogP contribution >= 0.6 is 0 Å². The zero-order chi connectivity index (χ0) is 23.6. The molecule has 0 radical (unpaired) electrons. The van der Waals surface area contributed by atoms with Gasteiger partial charge in [0.2, 0.25) is 11.8 Å². The molecule has 8 heteroatoms. The zero-order valence-electron chi connectivity index (χ0n) is 19.3. The van der Waals surface area contributed by atoms with E-state index in [0.29, 0.717) is 25.8 Å². The number of aliphatic hydroxyl groups excluding tert-OH is 1. The van der Waals surface area contributed by atoms with Crippen molar-refractivity contribution in [2.24, 2.45) is 11.8 Å². The van der Waals surface area contributed by atoms with Gasteiger partial charge in [0, 0.05) is 19.1 Å². The molecule has 3 saturated heterocycles. The molecule has 3 aliphatic heterocycles. The first-order valence-corrected chi connectivity index (χ1v) is 12.3. The van der Waals surface area contributed by atoms with Gasteiger partial charge in [-0.05, 0) is 32.1 Å². The highest BCUT2D eigenvalue weighted by Crippen LogP contribution is 2.58. The largest absolute Gasteiger partial charge is 0.465 e. The van der Waals surface area contributed by atoms with Crippen LogP contribution in [0.1, 0.15) is 51.4 Å². The number of nitrogens with zero attached hydrogens (tertiary/aromatic N) is 2. The second-order valence-corrected chi connectivity index (χ2v) is 9.63. The molecule has 4 rings (SSSR count). The number of fused-ring (bicyclic) bond motifs is 1. The molecular formula is C25H36N2O6. The van der Waals surface area contributed by atoms with Crippen molar-refractivity contribution in [2.75, 3.05) is 26.3 Å². The first-order chi connectivity index (χ1) is 16.0. The maximum atomic E-state index is 14.1. The molecule has 5 atom stereocenters. The number of likely N-dealkylation sites (tertiary alicyclic amines) is 1. The Morgan fingerprint density at radius 1 is 1.21 bits per heavy atom. The minimum absolute atomic E-state index is 0.0341. The van der Waals surface area contributed by atoms with Crippen molar-refractivity contribution in [3.63, 3.8) is 0 Å². The Labute approximate surface area is 195 Å². The van der Waals surface area contributed by atoms with Crippen LogP contribution in [-0.4, -0.2) is 82.8 Å². The number of hydrogen-bond donors (Lipinski definition) is 1. The monoisotopic (exact) mass is 460 g/mol. The summed E-state index contributed by atoms with van der Waals surface area (Å²) in [6.07, 6.45) is 9.80. The van der Waals surface area contributed by atoms with Gasteiger partial charge in [-0.2, -0.15) is 0 Å². The lowest BCUT2D eigenvalue weighted by atomic mass is 9.70. The summed E-state index contributed by atoms with van der Waals surface area (Å²) in [6.45, 7) is 7.86. The number of carbonyl (C=O) groups excluding carboxylic acids is 3. The summed E-state index contributed by atoms with van der Waals surface area (Å²) in [4.78, 5) is 43.9. The molecule has 0 aromatic carbocycles. The normalized spacial score (nSPS) is 33.1. The van der Waals surface area contributed by atoms with Crippen molar-refractivity contribution >= 4 is 17.8 Å². The Kier molecular flexibility index (Phi) is 7.24. The van der Waals surface area contributed by atoms with Gasteiger partial charge in [0.1, 0.15) is 11.6 Å². The van der Waals surface area contributed by atoms with Gasteiger partial charge in [-0.25, -0.2) is 0 Å². The minimum atomic E-state index is -1.05. The van der Waals surface area contributed by atoms with Gasteiger partial charge in [0.25, 0.3) is 0 Å². The van der Waals surface area contributed by atoms with E-state index in [1.54, 1.807) is 12.2 Å². The fraction of sp³-hybridized carbons (Fsp3) is 0.720. The molecule has 3 heterocycles. The summed E-state index contributed by atoms with van der Waals surface area (Å²) in [6, 6.07) is -0.746. The first-order valence-electron chi connectivity index (χ1n) is 12.3. The predicted molar refractivity (Wildman–Crippen MR) is 121 cm³/mol. The van der Waals surface area contributed by atoms with Crippen LogP contribution in [0.25, 0.3) is 0 Å². The molecular weight excluding hydrogens is 424 g/mol. The van der Waals surface area contributed by atoms with Gasteiger partial charge in [-0.3, -0.25) is 14.4 Å². The molecule has 2 unspecified atom stereocenters. The van der Waals surface area contributed by atoms with Crippen LogP contribution in [0.2, 0.25) is 0 Å². The number of esters is 1. The minimum Gasteiger partial charge on any atom is -0.465 e. The first kappa shape index (κ1) is 24.0. The molecule has 4 fully saturated rings. The molecule has 1 N–H and O–H groups in total. The van der Waals surface area contributed by atoms with Gasteiger partial charge in [0.05, 0.1) is 31.2 Å². The molecule has 4 aliphatic rings. The fourth-order valence-corrected chi connectivity index (χ4v) is 6.50. The highest BCUT2D eigenvalue weighted by Gasteiger charge is 2.75. The third-order valence-corrected chi connectivity index (χ3v) is 7.84. The zero-order valence-corrected chi connectivity index (χ0v) is 19.3. The second-order valence-electron chi connectivity index (χ2n) is 9.63. The van der Waals surface area contributed by atoms with E-state index in [0.717, 1.165) is 32.1 Å².